The van der Waals surface area contributed by atoms with Crippen LogP contribution in [0.25, 0.3) is 10.9 Å². The number of fused-ring (bicyclic) bond motifs is 1. The zero-order valence-electron chi connectivity index (χ0n) is 14.8. The standard InChI is InChI=1S/C18H23IN4OSi/c1-25(2,3)11-10-24-14-23-18-12-15(19)6-7-16(18)17(21-23)13-20-22-8-4-5-9-22/h4-9,12-13H,10-11,14H2,1-3H3/b20-13+. The zero-order chi connectivity index (χ0) is 17.9. The Balaban J connectivity index is 1.81. The molecule has 0 aliphatic heterocycles. The first-order valence-corrected chi connectivity index (χ1v) is 13.1. The minimum Gasteiger partial charge on any atom is -0.360 e. The number of ether oxygens (including phenoxy) is 1. The van der Waals surface area contributed by atoms with E-state index in [1.165, 1.54) is 3.57 Å². The van der Waals surface area contributed by atoms with Gasteiger partial charge in [0.05, 0.1) is 11.7 Å². The third-order valence-electron chi connectivity index (χ3n) is 3.85. The summed E-state index contributed by atoms with van der Waals surface area (Å²) >= 11 is 2.33. The van der Waals surface area contributed by atoms with Crippen LogP contribution in [-0.4, -0.2) is 35.4 Å². The van der Waals surface area contributed by atoms with Gasteiger partial charge in [-0.05, 0) is 59.0 Å². The molecule has 0 saturated heterocycles. The second-order valence-electron chi connectivity index (χ2n) is 7.20. The summed E-state index contributed by atoms with van der Waals surface area (Å²) in [6.07, 6.45) is 5.60. The molecule has 2 aromatic heterocycles. The maximum Gasteiger partial charge on any atom is 0.140 e. The second kappa shape index (κ2) is 7.84. The lowest BCUT2D eigenvalue weighted by atomic mass is 10.2. The van der Waals surface area contributed by atoms with Crippen LogP contribution in [0.1, 0.15) is 5.69 Å². The minimum atomic E-state index is -1.08. The van der Waals surface area contributed by atoms with E-state index in [0.717, 1.165) is 29.2 Å². The summed E-state index contributed by atoms with van der Waals surface area (Å²) in [5, 5.41) is 10.2. The van der Waals surface area contributed by atoms with Gasteiger partial charge in [0.25, 0.3) is 0 Å². The lowest BCUT2D eigenvalue weighted by Crippen LogP contribution is -2.22. The highest BCUT2D eigenvalue weighted by Gasteiger charge is 2.13. The van der Waals surface area contributed by atoms with Crippen LogP contribution in [0.5, 0.6) is 0 Å². The van der Waals surface area contributed by atoms with Gasteiger partial charge in [-0.25, -0.2) is 9.36 Å². The second-order valence-corrected chi connectivity index (χ2v) is 14.1. The first-order valence-electron chi connectivity index (χ1n) is 8.33. The normalized spacial score (nSPS) is 12.5. The maximum absolute atomic E-state index is 5.89. The van der Waals surface area contributed by atoms with Crippen molar-refractivity contribution in [2.24, 2.45) is 5.10 Å². The molecule has 0 spiro atoms. The van der Waals surface area contributed by atoms with Gasteiger partial charge in [-0.2, -0.15) is 10.2 Å². The molecule has 0 aliphatic rings. The van der Waals surface area contributed by atoms with Crippen molar-refractivity contribution in [1.29, 1.82) is 0 Å². The molecule has 1 aromatic carbocycles. The van der Waals surface area contributed by atoms with Gasteiger partial charge in [0, 0.05) is 36.0 Å². The average Bonchev–Trinajstić information content (AvgIpc) is 3.16. The fourth-order valence-corrected chi connectivity index (χ4v) is 3.65. The minimum absolute atomic E-state index is 0.471. The number of aromatic nitrogens is 3. The van der Waals surface area contributed by atoms with Crippen LogP contribution >= 0.6 is 22.6 Å². The molecular formula is C18H23IN4OSi. The number of rotatable bonds is 7. The smallest absolute Gasteiger partial charge is 0.140 e. The highest BCUT2D eigenvalue weighted by atomic mass is 127. The van der Waals surface area contributed by atoms with E-state index >= 15 is 0 Å². The van der Waals surface area contributed by atoms with Crippen molar-refractivity contribution in [2.45, 2.75) is 32.4 Å². The SMILES string of the molecule is C[Si](C)(C)CCOCn1nc(/C=N/n2cccc2)c2ccc(I)cc21. The fraction of sp³-hybridized carbons (Fsp3) is 0.333. The van der Waals surface area contributed by atoms with Gasteiger partial charge in [0.15, 0.2) is 0 Å². The molecule has 0 unspecified atom stereocenters. The molecule has 2 heterocycles. The average molecular weight is 466 g/mol. The van der Waals surface area contributed by atoms with Gasteiger partial charge in [0.2, 0.25) is 0 Å². The molecule has 5 nitrogen and oxygen atoms in total. The van der Waals surface area contributed by atoms with Crippen molar-refractivity contribution in [1.82, 2.24) is 14.5 Å². The molecule has 0 radical (unpaired) electrons. The van der Waals surface area contributed by atoms with E-state index in [2.05, 4.69) is 65.5 Å². The van der Waals surface area contributed by atoms with Crippen molar-refractivity contribution in [3.8, 4) is 0 Å². The van der Waals surface area contributed by atoms with E-state index in [1.54, 1.807) is 10.9 Å². The van der Waals surface area contributed by atoms with Crippen LogP contribution in [0.15, 0.2) is 47.8 Å². The number of halogens is 1. The van der Waals surface area contributed by atoms with E-state index in [4.69, 9.17) is 9.84 Å². The Morgan fingerprint density at radius 2 is 2.00 bits per heavy atom. The zero-order valence-corrected chi connectivity index (χ0v) is 18.0. The third-order valence-corrected chi connectivity index (χ3v) is 6.23. The largest absolute Gasteiger partial charge is 0.360 e. The fourth-order valence-electron chi connectivity index (χ4n) is 2.42. The summed E-state index contributed by atoms with van der Waals surface area (Å²) in [7, 11) is -1.08. The van der Waals surface area contributed by atoms with Crippen LogP contribution in [-0.2, 0) is 11.5 Å². The molecule has 0 bridgehead atoms. The summed E-state index contributed by atoms with van der Waals surface area (Å²) < 4.78 is 10.8. The highest BCUT2D eigenvalue weighted by Crippen LogP contribution is 2.21. The van der Waals surface area contributed by atoms with Crippen molar-refractivity contribution in [3.05, 3.63) is 52.0 Å². The van der Waals surface area contributed by atoms with E-state index in [-0.39, 0.29) is 0 Å². The predicted molar refractivity (Wildman–Crippen MR) is 114 cm³/mol. The van der Waals surface area contributed by atoms with Gasteiger partial charge in [0.1, 0.15) is 12.4 Å². The predicted octanol–water partition coefficient (Wildman–Crippen LogP) is 4.64. The molecule has 132 valence electrons. The molecule has 3 aromatic rings. The number of hydrogen-bond donors (Lipinski definition) is 0. The Morgan fingerprint density at radius 1 is 1.24 bits per heavy atom. The maximum atomic E-state index is 5.89. The molecule has 3 rings (SSSR count). The Hall–Kier alpha value is -1.45. The molecule has 0 saturated carbocycles. The number of nitrogens with zero attached hydrogens (tertiary/aromatic N) is 4. The van der Waals surface area contributed by atoms with Gasteiger partial charge in [-0.1, -0.05) is 19.6 Å². The number of benzene rings is 1. The van der Waals surface area contributed by atoms with E-state index in [0.29, 0.717) is 6.73 Å². The lowest BCUT2D eigenvalue weighted by Gasteiger charge is -2.15. The van der Waals surface area contributed by atoms with Crippen LogP contribution in [0, 0.1) is 3.57 Å². The van der Waals surface area contributed by atoms with Crippen molar-refractivity contribution >= 4 is 47.8 Å². The Morgan fingerprint density at radius 3 is 2.72 bits per heavy atom. The number of hydrogen-bond acceptors (Lipinski definition) is 3. The molecule has 7 heteroatoms. The third kappa shape index (κ3) is 5.02. The van der Waals surface area contributed by atoms with E-state index in [1.807, 2.05) is 29.2 Å². The molecular weight excluding hydrogens is 443 g/mol. The Bertz CT molecular complexity index is 865. The summed E-state index contributed by atoms with van der Waals surface area (Å²) in [5.74, 6) is 0. The topological polar surface area (TPSA) is 44.3 Å². The first-order chi connectivity index (χ1) is 11.9. The monoisotopic (exact) mass is 466 g/mol. The summed E-state index contributed by atoms with van der Waals surface area (Å²) in [4.78, 5) is 0. The highest BCUT2D eigenvalue weighted by molar-refractivity contribution is 14.1. The summed E-state index contributed by atoms with van der Waals surface area (Å²) in [6.45, 7) is 8.33. The van der Waals surface area contributed by atoms with Crippen molar-refractivity contribution in [2.75, 3.05) is 6.61 Å². The first kappa shape index (κ1) is 18.3. The summed E-state index contributed by atoms with van der Waals surface area (Å²) in [5.41, 5.74) is 1.93. The van der Waals surface area contributed by atoms with Gasteiger partial charge < -0.3 is 4.74 Å². The van der Waals surface area contributed by atoms with Crippen LogP contribution in [0.2, 0.25) is 25.7 Å². The van der Waals surface area contributed by atoms with Crippen LogP contribution in [0.4, 0.5) is 0 Å². The quantitative estimate of drug-likeness (QED) is 0.221. The van der Waals surface area contributed by atoms with Crippen molar-refractivity contribution in [3.63, 3.8) is 0 Å². The van der Waals surface area contributed by atoms with Gasteiger partial charge >= 0.3 is 0 Å². The van der Waals surface area contributed by atoms with E-state index < -0.39 is 8.07 Å². The van der Waals surface area contributed by atoms with Crippen molar-refractivity contribution < 1.29 is 4.74 Å². The Kier molecular flexibility index (Phi) is 5.75. The molecule has 0 fully saturated rings. The molecule has 0 atom stereocenters. The molecule has 25 heavy (non-hydrogen) atoms. The van der Waals surface area contributed by atoms with Gasteiger partial charge in [-0.3, -0.25) is 0 Å². The molecule has 0 aliphatic carbocycles. The van der Waals surface area contributed by atoms with E-state index in [9.17, 15) is 0 Å². The van der Waals surface area contributed by atoms with Crippen LogP contribution in [0.3, 0.4) is 0 Å². The molecule has 0 N–H and O–H groups in total. The summed E-state index contributed by atoms with van der Waals surface area (Å²) in [6, 6.07) is 11.4. The lowest BCUT2D eigenvalue weighted by molar-refractivity contribution is 0.0816. The van der Waals surface area contributed by atoms with Crippen LogP contribution < -0.4 is 0 Å². The Labute approximate surface area is 162 Å². The molecule has 0 amide bonds. The van der Waals surface area contributed by atoms with Gasteiger partial charge in [-0.15, -0.1) is 0 Å².